The molecule has 1 heterocycles. The maximum Gasteiger partial charge on any atom is 0.573 e. The monoisotopic (exact) mass is 374 g/mol. The molecule has 5 nitrogen and oxygen atoms in total. The van der Waals surface area contributed by atoms with Gasteiger partial charge in [0.2, 0.25) is 0 Å². The summed E-state index contributed by atoms with van der Waals surface area (Å²) in [5.41, 5.74) is 12.8. The average molecular weight is 374 g/mol. The standard InChI is InChI=1S/C16H21F3N4OS/c1-15(2,21)7-8-22-9-12-13(23-14(20)25-12)10-3-5-11(6-4-10)24-16(17,18)19/h3-6,22H,7-9,21H2,1-2H3,(H2,20,23). The second-order valence-corrected chi connectivity index (χ2v) is 7.43. The Balaban J connectivity index is 2.06. The van der Waals surface area contributed by atoms with Gasteiger partial charge >= 0.3 is 6.36 Å². The van der Waals surface area contributed by atoms with Crippen molar-refractivity contribution in [1.82, 2.24) is 10.3 Å². The number of thiazole rings is 1. The van der Waals surface area contributed by atoms with E-state index in [1.807, 2.05) is 13.8 Å². The molecule has 1 aromatic heterocycles. The molecule has 25 heavy (non-hydrogen) atoms. The largest absolute Gasteiger partial charge is 0.573 e. The van der Waals surface area contributed by atoms with Crippen molar-refractivity contribution in [3.8, 4) is 17.0 Å². The number of alkyl halides is 3. The van der Waals surface area contributed by atoms with Gasteiger partial charge in [-0.15, -0.1) is 24.5 Å². The number of halogens is 3. The predicted octanol–water partition coefficient (Wildman–Crippen LogP) is 3.51. The van der Waals surface area contributed by atoms with Crippen molar-refractivity contribution in [3.05, 3.63) is 29.1 Å². The molecule has 0 saturated heterocycles. The van der Waals surface area contributed by atoms with Crippen LogP contribution in [0.5, 0.6) is 5.75 Å². The summed E-state index contributed by atoms with van der Waals surface area (Å²) in [6.45, 7) is 5.20. The van der Waals surface area contributed by atoms with Crippen LogP contribution in [-0.2, 0) is 6.54 Å². The SMILES string of the molecule is CC(C)(N)CCNCc1sc(N)nc1-c1ccc(OC(F)(F)F)cc1. The minimum atomic E-state index is -4.71. The molecule has 138 valence electrons. The molecule has 0 fully saturated rings. The zero-order chi connectivity index (χ0) is 18.7. The highest BCUT2D eigenvalue weighted by Gasteiger charge is 2.31. The molecule has 0 aliphatic heterocycles. The number of nitrogens with one attached hydrogen (secondary N) is 1. The Morgan fingerprint density at radius 3 is 2.40 bits per heavy atom. The number of nitrogens with zero attached hydrogens (tertiary/aromatic N) is 1. The van der Waals surface area contributed by atoms with Crippen molar-refractivity contribution < 1.29 is 17.9 Å². The molecule has 0 bridgehead atoms. The second kappa shape index (κ2) is 7.59. The van der Waals surface area contributed by atoms with Crippen molar-refractivity contribution in [2.75, 3.05) is 12.3 Å². The first-order chi connectivity index (χ1) is 11.5. The molecule has 0 unspecified atom stereocenters. The Hall–Kier alpha value is -1.84. The number of aromatic nitrogens is 1. The lowest BCUT2D eigenvalue weighted by Gasteiger charge is -2.18. The summed E-state index contributed by atoms with van der Waals surface area (Å²) in [6.07, 6.45) is -3.90. The third-order valence-electron chi connectivity index (χ3n) is 3.31. The lowest BCUT2D eigenvalue weighted by Crippen LogP contribution is -2.35. The Morgan fingerprint density at radius 2 is 1.84 bits per heavy atom. The molecule has 0 radical (unpaired) electrons. The first-order valence-electron chi connectivity index (χ1n) is 7.64. The van der Waals surface area contributed by atoms with Crippen LogP contribution in [0.1, 0.15) is 25.1 Å². The van der Waals surface area contributed by atoms with E-state index in [2.05, 4.69) is 15.0 Å². The fraction of sp³-hybridized carbons (Fsp3) is 0.438. The quantitative estimate of drug-likeness (QED) is 0.646. The van der Waals surface area contributed by atoms with Crippen LogP contribution in [0.25, 0.3) is 11.3 Å². The second-order valence-electron chi connectivity index (χ2n) is 6.31. The first kappa shape index (κ1) is 19.5. The van der Waals surface area contributed by atoms with E-state index in [9.17, 15) is 13.2 Å². The Bertz CT molecular complexity index is 693. The van der Waals surface area contributed by atoms with Gasteiger partial charge in [0.25, 0.3) is 0 Å². The van der Waals surface area contributed by atoms with Crippen LogP contribution < -0.4 is 21.5 Å². The third-order valence-corrected chi connectivity index (χ3v) is 4.19. The molecule has 2 aromatic rings. The minimum Gasteiger partial charge on any atom is -0.406 e. The van der Waals surface area contributed by atoms with Crippen molar-refractivity contribution in [2.45, 2.75) is 38.7 Å². The molecule has 0 amide bonds. The van der Waals surface area contributed by atoms with Gasteiger partial charge in [0, 0.05) is 22.5 Å². The van der Waals surface area contributed by atoms with Crippen LogP contribution in [-0.4, -0.2) is 23.4 Å². The van der Waals surface area contributed by atoms with Crippen molar-refractivity contribution in [1.29, 1.82) is 0 Å². The lowest BCUT2D eigenvalue weighted by atomic mass is 10.0. The van der Waals surface area contributed by atoms with Crippen LogP contribution in [0.3, 0.4) is 0 Å². The Kier molecular flexibility index (Phi) is 5.91. The van der Waals surface area contributed by atoms with E-state index in [0.29, 0.717) is 22.9 Å². The summed E-state index contributed by atoms with van der Waals surface area (Å²) < 4.78 is 40.5. The van der Waals surface area contributed by atoms with E-state index in [-0.39, 0.29) is 11.3 Å². The van der Waals surface area contributed by atoms with E-state index in [1.165, 1.54) is 35.6 Å². The lowest BCUT2D eigenvalue weighted by molar-refractivity contribution is -0.274. The highest BCUT2D eigenvalue weighted by Crippen LogP contribution is 2.31. The maximum atomic E-state index is 12.2. The zero-order valence-electron chi connectivity index (χ0n) is 14.0. The third kappa shape index (κ3) is 6.52. The Morgan fingerprint density at radius 1 is 1.20 bits per heavy atom. The number of ether oxygens (including phenoxy) is 1. The van der Waals surface area contributed by atoms with Crippen LogP contribution in [0.15, 0.2) is 24.3 Å². The predicted molar refractivity (Wildman–Crippen MR) is 93.2 cm³/mol. The van der Waals surface area contributed by atoms with E-state index in [0.717, 1.165) is 17.8 Å². The summed E-state index contributed by atoms with van der Waals surface area (Å²) in [7, 11) is 0. The maximum absolute atomic E-state index is 12.2. The molecule has 2 rings (SSSR count). The number of hydrogen-bond acceptors (Lipinski definition) is 6. The van der Waals surface area contributed by atoms with E-state index < -0.39 is 6.36 Å². The van der Waals surface area contributed by atoms with Gasteiger partial charge in [0.15, 0.2) is 5.13 Å². The molecular formula is C16H21F3N4OS. The number of hydrogen-bond donors (Lipinski definition) is 3. The number of rotatable bonds is 7. The van der Waals surface area contributed by atoms with Crippen molar-refractivity contribution in [2.24, 2.45) is 5.73 Å². The summed E-state index contributed by atoms with van der Waals surface area (Å²) >= 11 is 1.34. The molecule has 0 aliphatic rings. The van der Waals surface area contributed by atoms with Gasteiger partial charge in [0.05, 0.1) is 5.69 Å². The molecular weight excluding hydrogens is 353 g/mol. The van der Waals surface area contributed by atoms with Crippen LogP contribution in [0.4, 0.5) is 18.3 Å². The Labute approximate surface area is 148 Å². The summed E-state index contributed by atoms with van der Waals surface area (Å²) in [5, 5.41) is 3.69. The van der Waals surface area contributed by atoms with Gasteiger partial charge in [0.1, 0.15) is 5.75 Å². The molecule has 0 atom stereocenters. The fourth-order valence-electron chi connectivity index (χ4n) is 2.14. The minimum absolute atomic E-state index is 0.253. The van der Waals surface area contributed by atoms with Crippen molar-refractivity contribution in [3.63, 3.8) is 0 Å². The van der Waals surface area contributed by atoms with Gasteiger partial charge in [-0.2, -0.15) is 0 Å². The molecule has 1 aromatic carbocycles. The topological polar surface area (TPSA) is 86.2 Å². The molecule has 0 aliphatic carbocycles. The summed E-state index contributed by atoms with van der Waals surface area (Å²) in [4.78, 5) is 5.19. The highest BCUT2D eigenvalue weighted by atomic mass is 32.1. The van der Waals surface area contributed by atoms with Gasteiger partial charge in [-0.3, -0.25) is 0 Å². The van der Waals surface area contributed by atoms with Crippen molar-refractivity contribution >= 4 is 16.5 Å². The zero-order valence-corrected chi connectivity index (χ0v) is 14.8. The smallest absolute Gasteiger partial charge is 0.406 e. The normalized spacial score (nSPS) is 12.4. The first-order valence-corrected chi connectivity index (χ1v) is 8.46. The molecule has 9 heteroatoms. The average Bonchev–Trinajstić information content (AvgIpc) is 2.83. The summed E-state index contributed by atoms with van der Waals surface area (Å²) in [6, 6.07) is 5.57. The van der Waals surface area contributed by atoms with Crippen LogP contribution in [0, 0.1) is 0 Å². The number of benzene rings is 1. The fourth-order valence-corrected chi connectivity index (χ4v) is 2.97. The van der Waals surface area contributed by atoms with Gasteiger partial charge in [-0.1, -0.05) is 0 Å². The van der Waals surface area contributed by atoms with Gasteiger partial charge < -0.3 is 21.5 Å². The van der Waals surface area contributed by atoms with Gasteiger partial charge in [-0.25, -0.2) is 4.98 Å². The van der Waals surface area contributed by atoms with E-state index in [1.54, 1.807) is 0 Å². The number of nitrogen functional groups attached to an aromatic ring is 1. The molecule has 5 N–H and O–H groups in total. The molecule has 0 spiro atoms. The number of nitrogens with two attached hydrogens (primary N) is 2. The van der Waals surface area contributed by atoms with E-state index >= 15 is 0 Å². The van der Waals surface area contributed by atoms with Crippen LogP contribution in [0.2, 0.25) is 0 Å². The molecule has 0 saturated carbocycles. The van der Waals surface area contributed by atoms with Gasteiger partial charge in [-0.05, 0) is 51.1 Å². The van der Waals surface area contributed by atoms with Crippen LogP contribution >= 0.6 is 11.3 Å². The van der Waals surface area contributed by atoms with E-state index in [4.69, 9.17) is 11.5 Å². The highest BCUT2D eigenvalue weighted by molar-refractivity contribution is 7.15. The number of anilines is 1. The summed E-state index contributed by atoms with van der Waals surface area (Å²) in [5.74, 6) is -0.274.